The first-order valence-electron chi connectivity index (χ1n) is 7.96. The lowest BCUT2D eigenvalue weighted by Crippen LogP contribution is -2.46. The van der Waals surface area contributed by atoms with Crippen molar-refractivity contribution in [3.05, 3.63) is 36.0 Å². The molecule has 132 valence electrons. The van der Waals surface area contributed by atoms with E-state index in [2.05, 4.69) is 14.7 Å². The molecule has 1 fully saturated rings. The summed E-state index contributed by atoms with van der Waals surface area (Å²) in [5, 5.41) is 16.0. The molecule has 1 atom stereocenters. The lowest BCUT2D eigenvalue weighted by molar-refractivity contribution is 0.0815. The third kappa shape index (κ3) is 4.64. The molecular weight excluding hydrogens is 348 g/mol. The first-order chi connectivity index (χ1) is 11.5. The maximum absolute atomic E-state index is 12.2. The Balaban J connectivity index is 1.44. The minimum Gasteiger partial charge on any atom is -0.390 e. The van der Waals surface area contributed by atoms with Gasteiger partial charge in [-0.2, -0.15) is 5.10 Å². The molecule has 0 amide bonds. The number of piperidine rings is 1. The lowest BCUT2D eigenvalue weighted by Gasteiger charge is -2.33. The van der Waals surface area contributed by atoms with Crippen LogP contribution < -0.4 is 4.72 Å². The second-order valence-corrected chi connectivity index (χ2v) is 8.90. The smallest absolute Gasteiger partial charge is 0.250 e. The van der Waals surface area contributed by atoms with E-state index in [1.165, 1.54) is 11.3 Å². The number of β-amino-alcohol motifs (C(OH)–C–C–N with tert-alkyl or cyclic N) is 1. The molecular formula is C15H22N4O3S2. The second kappa shape index (κ2) is 7.75. The Bertz CT molecular complexity index is 708. The van der Waals surface area contributed by atoms with Crippen LogP contribution in [0.3, 0.4) is 0 Å². The van der Waals surface area contributed by atoms with E-state index in [9.17, 15) is 13.5 Å². The van der Waals surface area contributed by atoms with Gasteiger partial charge in [-0.05, 0) is 43.4 Å². The fraction of sp³-hybridized carbons (Fsp3) is 0.533. The molecule has 0 aliphatic carbocycles. The summed E-state index contributed by atoms with van der Waals surface area (Å²) in [6.07, 6.45) is 4.54. The molecule has 7 nitrogen and oxygen atoms in total. The molecule has 2 N–H and O–H groups in total. The Morgan fingerprint density at radius 3 is 2.75 bits per heavy atom. The van der Waals surface area contributed by atoms with Gasteiger partial charge in [0.05, 0.1) is 12.6 Å². The number of sulfonamides is 1. The molecule has 1 saturated heterocycles. The van der Waals surface area contributed by atoms with Gasteiger partial charge in [0.25, 0.3) is 0 Å². The molecule has 0 spiro atoms. The van der Waals surface area contributed by atoms with Crippen LogP contribution >= 0.6 is 11.3 Å². The van der Waals surface area contributed by atoms with Gasteiger partial charge in [-0.15, -0.1) is 11.3 Å². The molecule has 24 heavy (non-hydrogen) atoms. The number of thiophene rings is 1. The van der Waals surface area contributed by atoms with E-state index in [0.29, 0.717) is 17.3 Å². The van der Waals surface area contributed by atoms with Gasteiger partial charge in [0.2, 0.25) is 10.0 Å². The van der Waals surface area contributed by atoms with Crippen molar-refractivity contribution in [3.63, 3.8) is 0 Å². The fourth-order valence-electron chi connectivity index (χ4n) is 2.91. The van der Waals surface area contributed by atoms with E-state index in [4.69, 9.17) is 0 Å². The highest BCUT2D eigenvalue weighted by Crippen LogP contribution is 2.18. The number of hydrogen-bond donors (Lipinski definition) is 2. The fourth-order valence-corrected chi connectivity index (χ4v) is 5.22. The van der Waals surface area contributed by atoms with Gasteiger partial charge in [-0.3, -0.25) is 4.68 Å². The summed E-state index contributed by atoms with van der Waals surface area (Å²) in [6, 6.07) is 5.14. The van der Waals surface area contributed by atoms with Gasteiger partial charge < -0.3 is 10.0 Å². The van der Waals surface area contributed by atoms with Crippen LogP contribution in [0.5, 0.6) is 0 Å². The van der Waals surface area contributed by atoms with Crippen molar-refractivity contribution in [2.75, 3.05) is 19.6 Å². The van der Waals surface area contributed by atoms with Crippen LogP contribution in [0.2, 0.25) is 0 Å². The van der Waals surface area contributed by atoms with Crippen LogP contribution in [0.25, 0.3) is 0 Å². The molecule has 1 aliphatic heterocycles. The van der Waals surface area contributed by atoms with Crippen LogP contribution in [-0.4, -0.2) is 60.0 Å². The van der Waals surface area contributed by atoms with Gasteiger partial charge >= 0.3 is 0 Å². The molecule has 0 radical (unpaired) electrons. The quantitative estimate of drug-likeness (QED) is 0.751. The van der Waals surface area contributed by atoms with Gasteiger partial charge in [-0.25, -0.2) is 13.1 Å². The predicted molar refractivity (Wildman–Crippen MR) is 92.3 cm³/mol. The van der Waals surface area contributed by atoms with E-state index in [1.54, 1.807) is 28.4 Å². The lowest BCUT2D eigenvalue weighted by atomic mass is 10.1. The molecule has 2 aromatic rings. The zero-order valence-electron chi connectivity index (χ0n) is 13.3. The highest BCUT2D eigenvalue weighted by molar-refractivity contribution is 7.91. The summed E-state index contributed by atoms with van der Waals surface area (Å²) in [5.41, 5.74) is 0. The van der Waals surface area contributed by atoms with Crippen LogP contribution in [-0.2, 0) is 16.6 Å². The summed E-state index contributed by atoms with van der Waals surface area (Å²) in [6.45, 7) is 2.59. The summed E-state index contributed by atoms with van der Waals surface area (Å²) in [7, 11) is -3.40. The molecule has 0 bridgehead atoms. The molecule has 0 saturated carbocycles. The SMILES string of the molecule is O=S(=O)(NC1CCN(C[C@H](O)Cn2cccn2)CC1)c1cccs1. The van der Waals surface area contributed by atoms with E-state index in [1.807, 2.05) is 12.3 Å². The monoisotopic (exact) mass is 370 g/mol. The van der Waals surface area contributed by atoms with Gasteiger partial charge in [0, 0.05) is 25.0 Å². The third-order valence-corrected chi connectivity index (χ3v) is 7.01. The predicted octanol–water partition coefficient (Wildman–Crippen LogP) is 0.748. The van der Waals surface area contributed by atoms with Crippen LogP contribution in [0.15, 0.2) is 40.2 Å². The Labute approximate surface area is 146 Å². The number of nitrogens with zero attached hydrogens (tertiary/aromatic N) is 3. The average Bonchev–Trinajstić information content (AvgIpc) is 3.22. The summed E-state index contributed by atoms with van der Waals surface area (Å²) < 4.78 is 29.3. The minimum atomic E-state index is -3.40. The maximum Gasteiger partial charge on any atom is 0.250 e. The zero-order chi connectivity index (χ0) is 17.0. The van der Waals surface area contributed by atoms with E-state index >= 15 is 0 Å². The van der Waals surface area contributed by atoms with Crippen LogP contribution in [0.1, 0.15) is 12.8 Å². The Morgan fingerprint density at radius 1 is 1.33 bits per heavy atom. The van der Waals surface area contributed by atoms with Crippen molar-refractivity contribution in [3.8, 4) is 0 Å². The highest BCUT2D eigenvalue weighted by Gasteiger charge is 2.26. The average molecular weight is 371 g/mol. The van der Waals surface area contributed by atoms with E-state index in [-0.39, 0.29) is 6.04 Å². The number of hydrogen-bond acceptors (Lipinski definition) is 6. The zero-order valence-corrected chi connectivity index (χ0v) is 14.9. The van der Waals surface area contributed by atoms with Crippen molar-refractivity contribution < 1.29 is 13.5 Å². The highest BCUT2D eigenvalue weighted by atomic mass is 32.2. The molecule has 0 unspecified atom stereocenters. The summed E-state index contributed by atoms with van der Waals surface area (Å²) in [5.74, 6) is 0. The largest absolute Gasteiger partial charge is 0.390 e. The van der Waals surface area contributed by atoms with Gasteiger partial charge in [0.15, 0.2) is 0 Å². The van der Waals surface area contributed by atoms with E-state index in [0.717, 1.165) is 25.9 Å². The van der Waals surface area contributed by atoms with Gasteiger partial charge in [-0.1, -0.05) is 6.07 Å². The molecule has 0 aromatic carbocycles. The van der Waals surface area contributed by atoms with Crippen molar-refractivity contribution in [1.82, 2.24) is 19.4 Å². The topological polar surface area (TPSA) is 87.5 Å². The first kappa shape index (κ1) is 17.6. The van der Waals surface area contributed by atoms with Crippen LogP contribution in [0.4, 0.5) is 0 Å². The minimum absolute atomic E-state index is 0.0448. The number of likely N-dealkylation sites (tertiary alicyclic amines) is 1. The van der Waals surface area contributed by atoms with Crippen molar-refractivity contribution in [2.45, 2.75) is 35.7 Å². The Morgan fingerprint density at radius 2 is 2.12 bits per heavy atom. The molecule has 3 heterocycles. The standard InChI is InChI=1S/C15H22N4O3S2/c20-14(12-19-7-2-6-16-19)11-18-8-4-13(5-9-18)17-24(21,22)15-3-1-10-23-15/h1-3,6-7,10,13-14,17,20H,4-5,8-9,11-12H2/t14-/m0/s1. The second-order valence-electron chi connectivity index (χ2n) is 6.01. The maximum atomic E-state index is 12.2. The Kier molecular flexibility index (Phi) is 5.67. The van der Waals surface area contributed by atoms with Crippen molar-refractivity contribution >= 4 is 21.4 Å². The van der Waals surface area contributed by atoms with Crippen molar-refractivity contribution in [1.29, 1.82) is 0 Å². The van der Waals surface area contributed by atoms with Crippen LogP contribution in [0, 0.1) is 0 Å². The number of rotatable bonds is 7. The normalized spacial score (nSPS) is 18.7. The third-order valence-electron chi connectivity index (χ3n) is 4.10. The molecule has 1 aliphatic rings. The van der Waals surface area contributed by atoms with Gasteiger partial charge in [0.1, 0.15) is 4.21 Å². The Hall–Kier alpha value is -1.26. The number of nitrogens with one attached hydrogen (secondary N) is 1. The summed E-state index contributed by atoms with van der Waals surface area (Å²) in [4.78, 5) is 2.17. The number of aliphatic hydroxyl groups is 1. The van der Waals surface area contributed by atoms with E-state index < -0.39 is 16.1 Å². The number of aromatic nitrogens is 2. The first-order valence-corrected chi connectivity index (χ1v) is 10.3. The summed E-state index contributed by atoms with van der Waals surface area (Å²) >= 11 is 1.23. The molecule has 9 heteroatoms. The number of aliphatic hydroxyl groups excluding tert-OH is 1. The molecule has 2 aromatic heterocycles. The molecule has 3 rings (SSSR count). The van der Waals surface area contributed by atoms with Crippen molar-refractivity contribution in [2.24, 2.45) is 0 Å².